The van der Waals surface area contributed by atoms with Gasteiger partial charge in [0.2, 0.25) is 21.8 Å². The van der Waals surface area contributed by atoms with E-state index in [0.717, 1.165) is 6.42 Å². The van der Waals surface area contributed by atoms with Crippen molar-refractivity contribution in [1.29, 1.82) is 0 Å². The molecule has 1 heterocycles. The summed E-state index contributed by atoms with van der Waals surface area (Å²) in [6.45, 7) is 4.17. The van der Waals surface area contributed by atoms with Gasteiger partial charge in [-0.2, -0.15) is 4.72 Å². The quantitative estimate of drug-likeness (QED) is 0.650. The molecule has 9 heteroatoms. The number of methoxy groups -OCH3 is 1. The molecule has 0 spiro atoms. The molecule has 3 rings (SSSR count). The summed E-state index contributed by atoms with van der Waals surface area (Å²) < 4.78 is 33.1. The van der Waals surface area contributed by atoms with Crippen LogP contribution in [0.1, 0.15) is 26.7 Å². The van der Waals surface area contributed by atoms with Crippen molar-refractivity contribution < 1.29 is 22.7 Å². The van der Waals surface area contributed by atoms with E-state index < -0.39 is 22.0 Å². The van der Waals surface area contributed by atoms with Crippen LogP contribution >= 0.6 is 0 Å². The van der Waals surface area contributed by atoms with Gasteiger partial charge in [-0.25, -0.2) is 8.42 Å². The highest BCUT2D eigenvalue weighted by Gasteiger charge is 2.29. The Labute approximate surface area is 182 Å². The van der Waals surface area contributed by atoms with Gasteiger partial charge in [0, 0.05) is 24.3 Å². The first kappa shape index (κ1) is 22.8. The molecule has 31 heavy (non-hydrogen) atoms. The molecule has 0 saturated carbocycles. The van der Waals surface area contributed by atoms with E-state index in [1.54, 1.807) is 49.1 Å². The highest BCUT2D eigenvalue weighted by atomic mass is 32.2. The molecule has 0 radical (unpaired) electrons. The third-order valence-corrected chi connectivity index (χ3v) is 6.56. The van der Waals surface area contributed by atoms with Crippen molar-refractivity contribution in [2.24, 2.45) is 5.92 Å². The number of sulfonamides is 1. The number of rotatable bonds is 8. The molecule has 1 atom stereocenters. The van der Waals surface area contributed by atoms with Crippen LogP contribution in [0.3, 0.4) is 0 Å². The number of amides is 2. The van der Waals surface area contributed by atoms with Crippen molar-refractivity contribution in [2.75, 3.05) is 23.9 Å². The summed E-state index contributed by atoms with van der Waals surface area (Å²) in [6, 6.07) is 11.9. The van der Waals surface area contributed by atoms with Gasteiger partial charge in [0.25, 0.3) is 0 Å². The first-order valence-electron chi connectivity index (χ1n) is 10.1. The van der Waals surface area contributed by atoms with Gasteiger partial charge in [0.15, 0.2) is 0 Å². The molecule has 1 saturated heterocycles. The second kappa shape index (κ2) is 9.49. The zero-order valence-corrected chi connectivity index (χ0v) is 18.6. The molecule has 2 amide bonds. The molecule has 2 aromatic rings. The molecule has 8 nitrogen and oxygen atoms in total. The summed E-state index contributed by atoms with van der Waals surface area (Å²) in [6.07, 6.45) is 1.32. The fraction of sp³-hybridized carbons (Fsp3) is 0.364. The monoisotopic (exact) mass is 445 g/mol. The second-order valence-corrected chi connectivity index (χ2v) is 9.42. The van der Waals surface area contributed by atoms with E-state index in [0.29, 0.717) is 30.1 Å². The summed E-state index contributed by atoms with van der Waals surface area (Å²) in [5.74, 6) is -0.183. The van der Waals surface area contributed by atoms with Crippen molar-refractivity contribution in [3.63, 3.8) is 0 Å². The molecular weight excluding hydrogens is 418 g/mol. The first-order chi connectivity index (χ1) is 14.7. The average Bonchev–Trinajstić information content (AvgIpc) is 3.18. The SMILES string of the molecule is COc1ccc(S(=O)(=O)N[C@H](C(=O)Nc2cccc(N3CCCC3=O)c2)C(C)C)cc1. The summed E-state index contributed by atoms with van der Waals surface area (Å²) in [7, 11) is -2.42. The molecule has 0 unspecified atom stereocenters. The zero-order valence-electron chi connectivity index (χ0n) is 17.8. The number of hydrogen-bond acceptors (Lipinski definition) is 5. The Morgan fingerprint density at radius 1 is 1.13 bits per heavy atom. The maximum absolute atomic E-state index is 12.9. The Kier molecular flexibility index (Phi) is 6.97. The lowest BCUT2D eigenvalue weighted by molar-refractivity contribution is -0.118. The van der Waals surface area contributed by atoms with Crippen LogP contribution in [0.4, 0.5) is 11.4 Å². The molecule has 2 aromatic carbocycles. The molecule has 0 aromatic heterocycles. The fourth-order valence-electron chi connectivity index (χ4n) is 3.38. The number of nitrogens with zero attached hydrogens (tertiary/aromatic N) is 1. The molecule has 0 bridgehead atoms. The standard InChI is InChI=1S/C22H27N3O5S/c1-15(2)21(24-31(28,29)19-11-9-18(30-3)10-12-19)22(27)23-16-6-4-7-17(14-16)25-13-5-8-20(25)26/h4,6-7,9-12,14-15,21,24H,5,8,13H2,1-3H3,(H,23,27)/t21-/m0/s1. The molecule has 1 aliphatic heterocycles. The van der Waals surface area contributed by atoms with Crippen molar-refractivity contribution in [2.45, 2.75) is 37.6 Å². The van der Waals surface area contributed by atoms with E-state index in [-0.39, 0.29) is 16.7 Å². The Morgan fingerprint density at radius 2 is 1.84 bits per heavy atom. The van der Waals surface area contributed by atoms with Crippen LogP contribution in [0.2, 0.25) is 0 Å². The molecule has 1 fully saturated rings. The minimum atomic E-state index is -3.91. The second-order valence-electron chi connectivity index (χ2n) is 7.71. The molecule has 2 N–H and O–H groups in total. The molecular formula is C22H27N3O5S. The number of anilines is 2. The summed E-state index contributed by atoms with van der Waals surface area (Å²) in [5, 5.41) is 2.77. The van der Waals surface area contributed by atoms with Crippen LogP contribution in [0, 0.1) is 5.92 Å². The highest BCUT2D eigenvalue weighted by molar-refractivity contribution is 7.89. The lowest BCUT2D eigenvalue weighted by atomic mass is 10.0. The maximum Gasteiger partial charge on any atom is 0.242 e. The van der Waals surface area contributed by atoms with Crippen LogP contribution in [0.5, 0.6) is 5.75 Å². The van der Waals surface area contributed by atoms with Crippen molar-refractivity contribution in [3.05, 3.63) is 48.5 Å². The van der Waals surface area contributed by atoms with E-state index in [9.17, 15) is 18.0 Å². The third-order valence-electron chi connectivity index (χ3n) is 5.10. The van der Waals surface area contributed by atoms with Crippen molar-refractivity contribution >= 4 is 33.2 Å². The minimum absolute atomic E-state index is 0.0429. The van der Waals surface area contributed by atoms with E-state index in [2.05, 4.69) is 10.0 Å². The number of carbonyl (C=O) groups excluding carboxylic acids is 2. The van der Waals surface area contributed by atoms with Crippen LogP contribution in [0.25, 0.3) is 0 Å². The van der Waals surface area contributed by atoms with E-state index in [1.807, 2.05) is 6.07 Å². The normalized spacial score (nSPS) is 15.2. The Bertz CT molecular complexity index is 1050. The molecule has 1 aliphatic rings. The topological polar surface area (TPSA) is 105 Å². The van der Waals surface area contributed by atoms with Crippen LogP contribution in [-0.2, 0) is 19.6 Å². The van der Waals surface area contributed by atoms with E-state index >= 15 is 0 Å². The number of nitrogens with one attached hydrogen (secondary N) is 2. The minimum Gasteiger partial charge on any atom is -0.497 e. The summed E-state index contributed by atoms with van der Waals surface area (Å²) in [5.41, 5.74) is 1.21. The first-order valence-corrected chi connectivity index (χ1v) is 11.6. The molecule has 166 valence electrons. The van der Waals surface area contributed by atoms with Gasteiger partial charge < -0.3 is 15.0 Å². The van der Waals surface area contributed by atoms with Gasteiger partial charge in [-0.3, -0.25) is 9.59 Å². The zero-order chi connectivity index (χ0) is 22.6. The summed E-state index contributed by atoms with van der Waals surface area (Å²) in [4.78, 5) is 26.6. The van der Waals surface area contributed by atoms with Crippen LogP contribution in [0.15, 0.2) is 53.4 Å². The van der Waals surface area contributed by atoms with Gasteiger partial charge in [0.1, 0.15) is 11.8 Å². The summed E-state index contributed by atoms with van der Waals surface area (Å²) >= 11 is 0. The van der Waals surface area contributed by atoms with Gasteiger partial charge >= 0.3 is 0 Å². The van der Waals surface area contributed by atoms with Gasteiger partial charge in [-0.05, 0) is 54.8 Å². The largest absolute Gasteiger partial charge is 0.497 e. The lowest BCUT2D eigenvalue weighted by Crippen LogP contribution is -2.47. The Morgan fingerprint density at radius 3 is 2.42 bits per heavy atom. The Hall–Kier alpha value is -2.91. The maximum atomic E-state index is 12.9. The van der Waals surface area contributed by atoms with Crippen LogP contribution in [-0.4, -0.2) is 39.9 Å². The van der Waals surface area contributed by atoms with Crippen molar-refractivity contribution in [1.82, 2.24) is 4.72 Å². The average molecular weight is 446 g/mol. The van der Waals surface area contributed by atoms with Crippen LogP contribution < -0.4 is 19.7 Å². The predicted molar refractivity (Wildman–Crippen MR) is 119 cm³/mol. The fourth-order valence-corrected chi connectivity index (χ4v) is 4.72. The van der Waals surface area contributed by atoms with Gasteiger partial charge in [0.05, 0.1) is 12.0 Å². The third kappa shape index (κ3) is 5.42. The number of carbonyl (C=O) groups is 2. The smallest absolute Gasteiger partial charge is 0.242 e. The number of hydrogen-bond donors (Lipinski definition) is 2. The predicted octanol–water partition coefficient (Wildman–Crippen LogP) is 2.76. The molecule has 0 aliphatic carbocycles. The van der Waals surface area contributed by atoms with E-state index in [4.69, 9.17) is 4.74 Å². The number of benzene rings is 2. The van der Waals surface area contributed by atoms with Crippen molar-refractivity contribution in [3.8, 4) is 5.75 Å². The lowest BCUT2D eigenvalue weighted by Gasteiger charge is -2.22. The number of ether oxygens (including phenoxy) is 1. The highest BCUT2D eigenvalue weighted by Crippen LogP contribution is 2.25. The van der Waals surface area contributed by atoms with E-state index in [1.165, 1.54) is 19.2 Å². The van der Waals surface area contributed by atoms with Gasteiger partial charge in [-0.1, -0.05) is 19.9 Å². The Balaban J connectivity index is 1.75. The van der Waals surface area contributed by atoms with Gasteiger partial charge in [-0.15, -0.1) is 0 Å².